The third-order valence-corrected chi connectivity index (χ3v) is 8.47. The second-order valence-corrected chi connectivity index (χ2v) is 12.4. The molecule has 4 aromatic rings. The van der Waals surface area contributed by atoms with Crippen LogP contribution >= 0.6 is 0 Å². The number of carbonyl (C=O) groups is 2. The number of benzene rings is 2. The summed E-state index contributed by atoms with van der Waals surface area (Å²) in [5, 5.41) is 16.1. The van der Waals surface area contributed by atoms with Gasteiger partial charge in [0.1, 0.15) is 40.5 Å². The van der Waals surface area contributed by atoms with Gasteiger partial charge in [0.05, 0.1) is 24.9 Å². The SMILES string of the molecule is Cc1cnc2c(OC3CC3)cc(C(=O)NCC(O)(c3cc4c(c(-c5ccc(F)cc5)n3)OCC4(C)C(=O)NCC(F)F)C(F)(F)F)cc2c1. The van der Waals surface area contributed by atoms with Crippen molar-refractivity contribution in [3.63, 3.8) is 0 Å². The summed E-state index contributed by atoms with van der Waals surface area (Å²) < 4.78 is 96.0. The van der Waals surface area contributed by atoms with Crippen LogP contribution in [0.15, 0.2) is 54.7 Å². The molecule has 0 spiro atoms. The standard InChI is InChI=1S/C34H30F6N4O5/c1-17-9-19-10-20(11-24(27(19)41-13-17)49-22-7-8-22)30(45)43-15-33(47,34(38,39)40)25-12-23-29(28(44-25)18-3-5-21(35)6-4-18)48-16-32(23,2)31(46)42-14-26(36)37/h3-6,9-13,22,26,47H,7-8,14-16H2,1-2H3,(H,42,46)(H,43,45). The third kappa shape index (κ3) is 6.58. The van der Waals surface area contributed by atoms with Gasteiger partial charge in [-0.25, -0.2) is 18.2 Å². The molecule has 3 heterocycles. The number of fused-ring (bicyclic) bond motifs is 2. The fourth-order valence-corrected chi connectivity index (χ4v) is 5.51. The van der Waals surface area contributed by atoms with Gasteiger partial charge in [0.15, 0.2) is 0 Å². The van der Waals surface area contributed by atoms with Gasteiger partial charge in [-0.05, 0) is 80.8 Å². The molecule has 258 valence electrons. The molecule has 9 nitrogen and oxygen atoms in total. The summed E-state index contributed by atoms with van der Waals surface area (Å²) in [7, 11) is 0. The lowest BCUT2D eigenvalue weighted by atomic mass is 9.81. The minimum atomic E-state index is -5.44. The molecular formula is C34H30F6N4O5. The fourth-order valence-electron chi connectivity index (χ4n) is 5.51. The molecule has 1 saturated carbocycles. The van der Waals surface area contributed by atoms with Gasteiger partial charge in [0, 0.05) is 28.3 Å². The molecule has 49 heavy (non-hydrogen) atoms. The van der Waals surface area contributed by atoms with E-state index in [4.69, 9.17) is 9.47 Å². The first-order valence-electron chi connectivity index (χ1n) is 15.2. The second kappa shape index (κ2) is 12.5. The van der Waals surface area contributed by atoms with Crippen LogP contribution in [0.5, 0.6) is 11.5 Å². The van der Waals surface area contributed by atoms with Crippen LogP contribution in [-0.4, -0.2) is 65.3 Å². The smallest absolute Gasteiger partial charge is 0.424 e. The highest BCUT2D eigenvalue weighted by atomic mass is 19.4. The fraction of sp³-hybridized carbons (Fsp3) is 0.353. The Morgan fingerprint density at radius 1 is 1.10 bits per heavy atom. The number of rotatable bonds is 10. The normalized spacial score (nSPS) is 18.5. The van der Waals surface area contributed by atoms with Crippen LogP contribution in [-0.2, 0) is 15.8 Å². The van der Waals surface area contributed by atoms with Gasteiger partial charge < -0.3 is 25.2 Å². The van der Waals surface area contributed by atoms with Crippen molar-refractivity contribution >= 4 is 22.7 Å². The minimum absolute atomic E-state index is 0.0503. The zero-order chi connectivity index (χ0) is 35.3. The van der Waals surface area contributed by atoms with Crippen LogP contribution < -0.4 is 20.1 Å². The zero-order valence-electron chi connectivity index (χ0n) is 26.1. The molecule has 1 aliphatic carbocycles. The molecule has 1 aliphatic heterocycles. The number of ether oxygens (including phenoxy) is 2. The number of hydrogen-bond donors (Lipinski definition) is 3. The van der Waals surface area contributed by atoms with E-state index in [1.165, 1.54) is 31.2 Å². The Balaban J connectivity index is 1.40. The molecule has 0 radical (unpaired) electrons. The van der Waals surface area contributed by atoms with E-state index in [9.17, 15) is 41.0 Å². The summed E-state index contributed by atoms with van der Waals surface area (Å²) in [4.78, 5) is 35.0. The lowest BCUT2D eigenvalue weighted by Crippen LogP contribution is -2.52. The van der Waals surface area contributed by atoms with E-state index in [1.807, 2.05) is 0 Å². The maximum absolute atomic E-state index is 14.9. The Morgan fingerprint density at radius 3 is 2.47 bits per heavy atom. The first-order chi connectivity index (χ1) is 23.1. The molecule has 6 rings (SSSR count). The number of pyridine rings is 2. The van der Waals surface area contributed by atoms with E-state index in [-0.39, 0.29) is 40.0 Å². The van der Waals surface area contributed by atoms with Crippen molar-refractivity contribution < 1.29 is 50.5 Å². The van der Waals surface area contributed by atoms with E-state index in [0.29, 0.717) is 10.9 Å². The summed E-state index contributed by atoms with van der Waals surface area (Å²) in [6.07, 6.45) is -5.21. The number of nitrogens with one attached hydrogen (secondary N) is 2. The Labute approximate surface area is 275 Å². The van der Waals surface area contributed by atoms with E-state index < -0.39 is 66.6 Å². The van der Waals surface area contributed by atoms with E-state index in [2.05, 4.69) is 20.6 Å². The monoisotopic (exact) mass is 688 g/mol. The Bertz CT molecular complexity index is 1940. The van der Waals surface area contributed by atoms with Crippen molar-refractivity contribution in [2.75, 3.05) is 19.7 Å². The maximum Gasteiger partial charge on any atom is 0.424 e. The highest BCUT2D eigenvalue weighted by Crippen LogP contribution is 2.48. The van der Waals surface area contributed by atoms with Crippen LogP contribution in [0.25, 0.3) is 22.2 Å². The number of alkyl halides is 5. The molecule has 2 unspecified atom stereocenters. The van der Waals surface area contributed by atoms with E-state index in [0.717, 1.165) is 36.6 Å². The minimum Gasteiger partial charge on any atom is -0.489 e. The number of hydrogen-bond acceptors (Lipinski definition) is 7. The lowest BCUT2D eigenvalue weighted by Gasteiger charge is -2.31. The Hall–Kier alpha value is -4.92. The average molecular weight is 689 g/mol. The van der Waals surface area contributed by atoms with Crippen LogP contribution in [0, 0.1) is 12.7 Å². The molecule has 2 amide bonds. The predicted molar refractivity (Wildman–Crippen MR) is 164 cm³/mol. The van der Waals surface area contributed by atoms with Crippen molar-refractivity contribution in [1.82, 2.24) is 20.6 Å². The number of amides is 2. The summed E-state index contributed by atoms with van der Waals surface area (Å²) in [6.45, 7) is 0.167. The first-order valence-corrected chi connectivity index (χ1v) is 15.2. The van der Waals surface area contributed by atoms with Gasteiger partial charge >= 0.3 is 6.18 Å². The molecule has 2 atom stereocenters. The number of aliphatic hydroxyl groups is 1. The summed E-state index contributed by atoms with van der Waals surface area (Å²) in [6, 6.07) is 9.84. The summed E-state index contributed by atoms with van der Waals surface area (Å²) >= 11 is 0. The van der Waals surface area contributed by atoms with Gasteiger partial charge in [-0.1, -0.05) is 0 Å². The molecule has 15 heteroatoms. The Kier molecular flexibility index (Phi) is 8.67. The van der Waals surface area contributed by atoms with Gasteiger partial charge in [0.25, 0.3) is 12.3 Å². The maximum atomic E-state index is 14.9. The summed E-state index contributed by atoms with van der Waals surface area (Å²) in [5.41, 5.74) is -5.83. The average Bonchev–Trinajstić information content (AvgIpc) is 3.81. The number of carbonyl (C=O) groups excluding carboxylic acids is 2. The lowest BCUT2D eigenvalue weighted by molar-refractivity contribution is -0.265. The highest BCUT2D eigenvalue weighted by molar-refractivity contribution is 6.00. The van der Waals surface area contributed by atoms with Gasteiger partial charge in [-0.15, -0.1) is 0 Å². The number of nitrogens with zero attached hydrogens (tertiary/aromatic N) is 2. The van der Waals surface area contributed by atoms with Gasteiger partial charge in [-0.3, -0.25) is 14.6 Å². The van der Waals surface area contributed by atoms with Crippen molar-refractivity contribution in [3.05, 3.63) is 82.9 Å². The topological polar surface area (TPSA) is 123 Å². The van der Waals surface area contributed by atoms with Crippen LogP contribution in [0.2, 0.25) is 0 Å². The quantitative estimate of drug-likeness (QED) is 0.188. The highest BCUT2D eigenvalue weighted by Gasteiger charge is 2.58. The molecule has 2 aliphatic rings. The van der Waals surface area contributed by atoms with Crippen molar-refractivity contribution in [2.24, 2.45) is 0 Å². The molecule has 1 fully saturated rings. The van der Waals surface area contributed by atoms with Crippen molar-refractivity contribution in [3.8, 4) is 22.8 Å². The number of aromatic nitrogens is 2. The first kappa shape index (κ1) is 34.0. The molecule has 2 aromatic heterocycles. The zero-order valence-corrected chi connectivity index (χ0v) is 26.1. The molecule has 3 N–H and O–H groups in total. The van der Waals surface area contributed by atoms with E-state index >= 15 is 0 Å². The number of halogens is 6. The number of aryl methyl sites for hydroxylation is 1. The second-order valence-electron chi connectivity index (χ2n) is 12.4. The van der Waals surface area contributed by atoms with Crippen LogP contribution in [0.3, 0.4) is 0 Å². The van der Waals surface area contributed by atoms with Crippen molar-refractivity contribution in [2.45, 2.75) is 56.4 Å². The van der Waals surface area contributed by atoms with E-state index in [1.54, 1.807) is 19.2 Å². The molecule has 2 aromatic carbocycles. The Morgan fingerprint density at radius 2 is 1.82 bits per heavy atom. The van der Waals surface area contributed by atoms with Gasteiger partial charge in [0.2, 0.25) is 11.5 Å². The molecule has 0 bridgehead atoms. The van der Waals surface area contributed by atoms with Crippen molar-refractivity contribution in [1.29, 1.82) is 0 Å². The third-order valence-electron chi connectivity index (χ3n) is 8.47. The largest absolute Gasteiger partial charge is 0.489 e. The predicted octanol–water partition coefficient (Wildman–Crippen LogP) is 5.50. The molecule has 0 saturated heterocycles. The molecular weight excluding hydrogens is 658 g/mol. The van der Waals surface area contributed by atoms with Crippen LogP contribution in [0.4, 0.5) is 26.3 Å². The van der Waals surface area contributed by atoms with Crippen LogP contribution in [0.1, 0.15) is 46.9 Å². The summed E-state index contributed by atoms with van der Waals surface area (Å²) in [5.74, 6) is -2.46. The van der Waals surface area contributed by atoms with Gasteiger partial charge in [-0.2, -0.15) is 13.2 Å².